The molecule has 1 rings (SSSR count). The molecule has 0 aliphatic rings. The molecule has 19 heavy (non-hydrogen) atoms. The van der Waals surface area contributed by atoms with Gasteiger partial charge in [-0.2, -0.15) is 0 Å². The molecule has 0 atom stereocenters. The Labute approximate surface area is 110 Å². The molecule has 0 unspecified atom stereocenters. The molecule has 6 heteroatoms. The van der Waals surface area contributed by atoms with Crippen LogP contribution >= 0.6 is 0 Å². The smallest absolute Gasteiger partial charge is 0.490 e. The zero-order chi connectivity index (χ0) is 14.1. The third-order valence-electron chi connectivity index (χ3n) is 2.33. The van der Waals surface area contributed by atoms with Crippen LogP contribution < -0.4 is 14.8 Å². The van der Waals surface area contributed by atoms with Gasteiger partial charge in [0.15, 0.2) is 11.5 Å². The van der Waals surface area contributed by atoms with Gasteiger partial charge >= 0.3 is 6.36 Å². The van der Waals surface area contributed by atoms with Crippen molar-refractivity contribution in [3.63, 3.8) is 0 Å². The van der Waals surface area contributed by atoms with Crippen LogP contribution in [0.2, 0.25) is 0 Å². The standard InChI is InChI=1S/C13H18F3NO2/c1-2-17-9-5-6-10-18-11-7-3-4-8-12(11)19-13(14,15)16/h3-4,7-8,17H,2,5-6,9-10H2,1H3. The summed E-state index contributed by atoms with van der Waals surface area (Å²) in [5.41, 5.74) is 0. The molecule has 0 aliphatic heterocycles. The second-order valence-corrected chi connectivity index (χ2v) is 3.90. The lowest BCUT2D eigenvalue weighted by Crippen LogP contribution is -2.18. The average molecular weight is 277 g/mol. The Hall–Kier alpha value is -1.43. The van der Waals surface area contributed by atoms with E-state index in [1.54, 1.807) is 6.07 Å². The van der Waals surface area contributed by atoms with Gasteiger partial charge in [0.2, 0.25) is 0 Å². The van der Waals surface area contributed by atoms with Crippen LogP contribution in [0, 0.1) is 0 Å². The summed E-state index contributed by atoms with van der Waals surface area (Å²) in [6.45, 7) is 4.16. The van der Waals surface area contributed by atoms with E-state index < -0.39 is 6.36 Å². The Balaban J connectivity index is 2.40. The average Bonchev–Trinajstić information content (AvgIpc) is 2.33. The van der Waals surface area contributed by atoms with Crippen molar-refractivity contribution in [1.29, 1.82) is 0 Å². The summed E-state index contributed by atoms with van der Waals surface area (Å²) in [4.78, 5) is 0. The molecular weight excluding hydrogens is 259 g/mol. The molecule has 0 aliphatic carbocycles. The molecule has 1 aromatic carbocycles. The first kappa shape index (κ1) is 15.6. The second-order valence-electron chi connectivity index (χ2n) is 3.90. The third kappa shape index (κ3) is 6.91. The molecule has 0 heterocycles. The van der Waals surface area contributed by atoms with Crippen LogP contribution in [0.5, 0.6) is 11.5 Å². The number of benzene rings is 1. The summed E-state index contributed by atoms with van der Waals surface area (Å²) >= 11 is 0. The quantitative estimate of drug-likeness (QED) is 0.739. The molecule has 1 N–H and O–H groups in total. The van der Waals surface area contributed by atoms with Gasteiger partial charge in [-0.1, -0.05) is 19.1 Å². The number of halogens is 3. The minimum Gasteiger partial charge on any atom is -0.490 e. The van der Waals surface area contributed by atoms with Crippen molar-refractivity contribution in [1.82, 2.24) is 5.32 Å². The SMILES string of the molecule is CCNCCCCOc1ccccc1OC(F)(F)F. The van der Waals surface area contributed by atoms with E-state index in [1.807, 2.05) is 6.92 Å². The molecule has 108 valence electrons. The van der Waals surface area contributed by atoms with Crippen molar-refractivity contribution in [2.75, 3.05) is 19.7 Å². The number of hydrogen-bond donors (Lipinski definition) is 1. The van der Waals surface area contributed by atoms with Crippen LogP contribution in [-0.4, -0.2) is 26.1 Å². The highest BCUT2D eigenvalue weighted by molar-refractivity contribution is 5.39. The predicted octanol–water partition coefficient (Wildman–Crippen LogP) is 3.35. The van der Waals surface area contributed by atoms with Gasteiger partial charge in [-0.3, -0.25) is 0 Å². The van der Waals surface area contributed by atoms with Crippen molar-refractivity contribution < 1.29 is 22.6 Å². The van der Waals surface area contributed by atoms with Gasteiger partial charge in [0.25, 0.3) is 0 Å². The summed E-state index contributed by atoms with van der Waals surface area (Å²) in [6.07, 6.45) is -3.02. The van der Waals surface area contributed by atoms with Crippen molar-refractivity contribution in [2.24, 2.45) is 0 Å². The van der Waals surface area contributed by atoms with Crippen LogP contribution in [0.1, 0.15) is 19.8 Å². The highest BCUT2D eigenvalue weighted by Crippen LogP contribution is 2.31. The lowest BCUT2D eigenvalue weighted by Gasteiger charge is -2.13. The van der Waals surface area contributed by atoms with Gasteiger partial charge in [0.05, 0.1) is 6.61 Å². The number of para-hydroxylation sites is 2. The predicted molar refractivity (Wildman–Crippen MR) is 66.4 cm³/mol. The van der Waals surface area contributed by atoms with E-state index in [4.69, 9.17) is 4.74 Å². The Kier molecular flexibility index (Phi) is 6.49. The van der Waals surface area contributed by atoms with E-state index in [0.29, 0.717) is 6.61 Å². The number of unbranched alkanes of at least 4 members (excludes halogenated alkanes) is 1. The maximum Gasteiger partial charge on any atom is 0.573 e. The first-order chi connectivity index (χ1) is 9.03. The summed E-state index contributed by atoms with van der Waals surface area (Å²) in [6, 6.07) is 5.78. The number of ether oxygens (including phenoxy) is 2. The molecule has 0 amide bonds. The lowest BCUT2D eigenvalue weighted by atomic mass is 10.3. The first-order valence-electron chi connectivity index (χ1n) is 6.21. The molecule has 3 nitrogen and oxygen atoms in total. The largest absolute Gasteiger partial charge is 0.573 e. The minimum absolute atomic E-state index is 0.114. The molecule has 0 fully saturated rings. The molecule has 0 bridgehead atoms. The van der Waals surface area contributed by atoms with E-state index in [9.17, 15) is 13.2 Å². The lowest BCUT2D eigenvalue weighted by molar-refractivity contribution is -0.275. The van der Waals surface area contributed by atoms with Crippen LogP contribution in [0.15, 0.2) is 24.3 Å². The summed E-state index contributed by atoms with van der Waals surface area (Å²) in [7, 11) is 0. The highest BCUT2D eigenvalue weighted by atomic mass is 19.4. The van der Waals surface area contributed by atoms with Crippen molar-refractivity contribution in [2.45, 2.75) is 26.1 Å². The molecule has 0 aromatic heterocycles. The fraction of sp³-hybridized carbons (Fsp3) is 0.538. The Morgan fingerprint density at radius 2 is 1.79 bits per heavy atom. The summed E-state index contributed by atoms with van der Waals surface area (Å²) < 4.78 is 45.7. The maximum absolute atomic E-state index is 12.2. The van der Waals surface area contributed by atoms with Crippen molar-refractivity contribution in [3.05, 3.63) is 24.3 Å². The van der Waals surface area contributed by atoms with Gasteiger partial charge in [-0.25, -0.2) is 0 Å². The zero-order valence-electron chi connectivity index (χ0n) is 10.8. The van der Waals surface area contributed by atoms with Crippen LogP contribution in [0.3, 0.4) is 0 Å². The fourth-order valence-corrected chi connectivity index (χ4v) is 1.49. The maximum atomic E-state index is 12.2. The van der Waals surface area contributed by atoms with Gasteiger partial charge in [-0.15, -0.1) is 13.2 Å². The number of alkyl halides is 3. The Morgan fingerprint density at radius 3 is 2.42 bits per heavy atom. The van der Waals surface area contributed by atoms with Crippen molar-refractivity contribution in [3.8, 4) is 11.5 Å². The molecule has 1 aromatic rings. The fourth-order valence-electron chi connectivity index (χ4n) is 1.49. The van der Waals surface area contributed by atoms with Gasteiger partial charge < -0.3 is 14.8 Å². The van der Waals surface area contributed by atoms with E-state index >= 15 is 0 Å². The third-order valence-corrected chi connectivity index (χ3v) is 2.33. The minimum atomic E-state index is -4.70. The Morgan fingerprint density at radius 1 is 1.11 bits per heavy atom. The van der Waals surface area contributed by atoms with E-state index in [2.05, 4.69) is 10.1 Å². The highest BCUT2D eigenvalue weighted by Gasteiger charge is 2.32. The normalized spacial score (nSPS) is 11.4. The van der Waals surface area contributed by atoms with Gasteiger partial charge in [0.1, 0.15) is 0 Å². The Bertz CT molecular complexity index is 369. The van der Waals surface area contributed by atoms with Crippen LogP contribution in [0.4, 0.5) is 13.2 Å². The van der Waals surface area contributed by atoms with Gasteiger partial charge in [-0.05, 0) is 38.1 Å². The zero-order valence-corrected chi connectivity index (χ0v) is 10.8. The molecule has 0 saturated heterocycles. The molecular formula is C13H18F3NO2. The van der Waals surface area contributed by atoms with Gasteiger partial charge in [0, 0.05) is 0 Å². The topological polar surface area (TPSA) is 30.5 Å². The van der Waals surface area contributed by atoms with E-state index in [-0.39, 0.29) is 11.5 Å². The number of nitrogens with one attached hydrogen (secondary N) is 1. The van der Waals surface area contributed by atoms with E-state index in [0.717, 1.165) is 25.9 Å². The van der Waals surface area contributed by atoms with Crippen LogP contribution in [-0.2, 0) is 0 Å². The summed E-state index contributed by atoms with van der Waals surface area (Å²) in [5, 5.41) is 3.16. The monoisotopic (exact) mass is 277 g/mol. The summed E-state index contributed by atoms with van der Waals surface area (Å²) in [5.74, 6) is -0.190. The molecule has 0 saturated carbocycles. The molecule has 0 spiro atoms. The number of hydrogen-bond acceptors (Lipinski definition) is 3. The van der Waals surface area contributed by atoms with Crippen molar-refractivity contribution >= 4 is 0 Å². The number of rotatable bonds is 8. The first-order valence-corrected chi connectivity index (χ1v) is 6.21. The molecule has 0 radical (unpaired) electrons. The second kappa shape index (κ2) is 7.89. The van der Waals surface area contributed by atoms with E-state index in [1.165, 1.54) is 18.2 Å². The van der Waals surface area contributed by atoms with Crippen LogP contribution in [0.25, 0.3) is 0 Å².